The Bertz CT molecular complexity index is 1220. The number of carbonyl (C=O) groups excluding carboxylic acids is 1. The maximum Gasteiger partial charge on any atom is 0.264 e. The fourth-order valence-electron chi connectivity index (χ4n) is 4.27. The fourth-order valence-corrected chi connectivity index (χ4v) is 5.72. The Kier molecular flexibility index (Phi) is 8.48. The summed E-state index contributed by atoms with van der Waals surface area (Å²) in [7, 11) is -3.95. The van der Waals surface area contributed by atoms with Crippen LogP contribution in [0.15, 0.2) is 83.8 Å². The van der Waals surface area contributed by atoms with Gasteiger partial charge in [0.05, 0.1) is 17.2 Å². The Morgan fingerprint density at radius 3 is 2.22 bits per heavy atom. The molecule has 8 heteroatoms. The number of anilines is 2. The molecule has 0 saturated carbocycles. The number of sulfonamides is 1. The number of rotatable bonds is 10. The van der Waals surface area contributed by atoms with Gasteiger partial charge >= 0.3 is 0 Å². The maximum atomic E-state index is 13.5. The minimum atomic E-state index is -3.95. The summed E-state index contributed by atoms with van der Waals surface area (Å²) in [5, 5.41) is 2.87. The van der Waals surface area contributed by atoms with E-state index in [2.05, 4.69) is 22.3 Å². The molecule has 190 valence electrons. The zero-order chi connectivity index (χ0) is 25.4. The lowest BCUT2D eigenvalue weighted by Gasteiger charge is -2.28. The van der Waals surface area contributed by atoms with Crippen LogP contribution in [0, 0.1) is 0 Å². The Hall–Kier alpha value is -3.52. The van der Waals surface area contributed by atoms with Gasteiger partial charge in [0.25, 0.3) is 10.0 Å². The van der Waals surface area contributed by atoms with Gasteiger partial charge in [-0.3, -0.25) is 9.10 Å². The number of piperidine rings is 1. The van der Waals surface area contributed by atoms with Crippen molar-refractivity contribution in [2.24, 2.45) is 0 Å². The van der Waals surface area contributed by atoms with Crippen molar-refractivity contribution in [2.75, 3.05) is 35.4 Å². The van der Waals surface area contributed by atoms with Crippen molar-refractivity contribution >= 4 is 27.3 Å². The molecule has 1 fully saturated rings. The predicted octanol–water partition coefficient (Wildman–Crippen LogP) is 4.59. The van der Waals surface area contributed by atoms with Gasteiger partial charge in [0.15, 0.2) is 0 Å². The third-order valence-electron chi connectivity index (χ3n) is 6.20. The second kappa shape index (κ2) is 11.9. The monoisotopic (exact) mass is 507 g/mol. The van der Waals surface area contributed by atoms with Gasteiger partial charge in [0.2, 0.25) is 5.91 Å². The molecule has 0 spiro atoms. The van der Waals surface area contributed by atoms with Crippen LogP contribution >= 0.6 is 0 Å². The summed E-state index contributed by atoms with van der Waals surface area (Å²) in [6.07, 6.45) is 3.72. The van der Waals surface area contributed by atoms with Crippen LogP contribution in [-0.2, 0) is 21.4 Å². The fraction of sp³-hybridized carbons (Fsp3) is 0.321. The summed E-state index contributed by atoms with van der Waals surface area (Å²) >= 11 is 0. The lowest BCUT2D eigenvalue weighted by atomic mass is 10.1. The van der Waals surface area contributed by atoms with Crippen LogP contribution < -0.4 is 19.3 Å². The molecule has 1 aliphatic heterocycles. The highest BCUT2D eigenvalue weighted by Crippen LogP contribution is 2.26. The topological polar surface area (TPSA) is 79.0 Å². The molecule has 0 bridgehead atoms. The van der Waals surface area contributed by atoms with Gasteiger partial charge < -0.3 is 15.0 Å². The second-order valence-corrected chi connectivity index (χ2v) is 10.6. The normalized spacial score (nSPS) is 13.8. The first kappa shape index (κ1) is 25.6. The van der Waals surface area contributed by atoms with Crippen molar-refractivity contribution < 1.29 is 17.9 Å². The summed E-state index contributed by atoms with van der Waals surface area (Å²) in [5.41, 5.74) is 2.55. The first-order valence-electron chi connectivity index (χ1n) is 12.4. The van der Waals surface area contributed by atoms with Gasteiger partial charge in [-0.15, -0.1) is 0 Å². The highest BCUT2D eigenvalue weighted by molar-refractivity contribution is 7.92. The molecule has 3 aromatic rings. The van der Waals surface area contributed by atoms with Gasteiger partial charge in [-0.1, -0.05) is 30.3 Å². The van der Waals surface area contributed by atoms with E-state index >= 15 is 0 Å². The Morgan fingerprint density at radius 1 is 0.917 bits per heavy atom. The zero-order valence-corrected chi connectivity index (χ0v) is 21.4. The van der Waals surface area contributed by atoms with Crippen LogP contribution in [0.4, 0.5) is 11.4 Å². The van der Waals surface area contributed by atoms with Gasteiger partial charge in [-0.05, 0) is 80.3 Å². The molecule has 0 aliphatic carbocycles. The number of ether oxygens (including phenoxy) is 1. The van der Waals surface area contributed by atoms with Gasteiger partial charge in [-0.25, -0.2) is 8.42 Å². The molecule has 4 rings (SSSR count). The number of hydrogen-bond acceptors (Lipinski definition) is 5. The smallest absolute Gasteiger partial charge is 0.264 e. The molecule has 0 aromatic heterocycles. The average molecular weight is 508 g/mol. The molecule has 0 atom stereocenters. The van der Waals surface area contributed by atoms with Crippen molar-refractivity contribution in [1.29, 1.82) is 0 Å². The van der Waals surface area contributed by atoms with E-state index < -0.39 is 10.0 Å². The molecular formula is C28H33N3O4S. The Morgan fingerprint density at radius 2 is 1.58 bits per heavy atom. The maximum absolute atomic E-state index is 13.5. The number of amides is 1. The van der Waals surface area contributed by atoms with Crippen LogP contribution in [0.2, 0.25) is 0 Å². The van der Waals surface area contributed by atoms with E-state index in [0.717, 1.165) is 23.0 Å². The van der Waals surface area contributed by atoms with Crippen LogP contribution in [0.1, 0.15) is 31.7 Å². The quantitative estimate of drug-likeness (QED) is 0.434. The van der Waals surface area contributed by atoms with Gasteiger partial charge in [0.1, 0.15) is 12.3 Å². The predicted molar refractivity (Wildman–Crippen MR) is 143 cm³/mol. The number of nitrogens with one attached hydrogen (secondary N) is 1. The SMILES string of the molecule is CCOc1ccc(N(CC(=O)NCc2ccc(N3CCCCC3)cc2)S(=O)(=O)c2ccccc2)cc1. The summed E-state index contributed by atoms with van der Waals surface area (Å²) in [6.45, 7) is 4.53. The van der Waals surface area contributed by atoms with Crippen LogP contribution in [0.25, 0.3) is 0 Å². The molecule has 7 nitrogen and oxygen atoms in total. The molecular weight excluding hydrogens is 474 g/mol. The lowest BCUT2D eigenvalue weighted by molar-refractivity contribution is -0.119. The lowest BCUT2D eigenvalue weighted by Crippen LogP contribution is -2.40. The molecule has 3 aromatic carbocycles. The van der Waals surface area contributed by atoms with E-state index in [1.54, 1.807) is 42.5 Å². The van der Waals surface area contributed by atoms with Gasteiger partial charge in [-0.2, -0.15) is 0 Å². The van der Waals surface area contributed by atoms with Crippen molar-refractivity contribution in [3.8, 4) is 5.75 Å². The van der Waals surface area contributed by atoms with E-state index in [4.69, 9.17) is 4.74 Å². The van der Waals surface area contributed by atoms with E-state index in [1.165, 1.54) is 37.1 Å². The van der Waals surface area contributed by atoms with Crippen LogP contribution in [0.5, 0.6) is 5.75 Å². The number of nitrogens with zero attached hydrogens (tertiary/aromatic N) is 2. The highest BCUT2D eigenvalue weighted by Gasteiger charge is 2.27. The summed E-state index contributed by atoms with van der Waals surface area (Å²) in [6, 6.07) is 23.0. The summed E-state index contributed by atoms with van der Waals surface area (Å²) in [5.74, 6) is 0.249. The van der Waals surface area contributed by atoms with Crippen molar-refractivity contribution in [3.05, 3.63) is 84.4 Å². The molecule has 1 aliphatic rings. The number of hydrogen-bond donors (Lipinski definition) is 1. The average Bonchev–Trinajstić information content (AvgIpc) is 2.92. The van der Waals surface area contributed by atoms with Crippen molar-refractivity contribution in [3.63, 3.8) is 0 Å². The van der Waals surface area contributed by atoms with E-state index in [0.29, 0.717) is 24.6 Å². The second-order valence-electron chi connectivity index (χ2n) is 8.74. The summed E-state index contributed by atoms with van der Waals surface area (Å²) < 4.78 is 33.5. The van der Waals surface area contributed by atoms with E-state index in [-0.39, 0.29) is 17.3 Å². The third-order valence-corrected chi connectivity index (χ3v) is 7.99. The van der Waals surface area contributed by atoms with E-state index in [9.17, 15) is 13.2 Å². The molecule has 1 amide bonds. The van der Waals surface area contributed by atoms with Crippen LogP contribution in [-0.4, -0.2) is 40.6 Å². The minimum absolute atomic E-state index is 0.125. The Labute approximate surface area is 213 Å². The van der Waals surface area contributed by atoms with Crippen molar-refractivity contribution in [1.82, 2.24) is 5.32 Å². The molecule has 1 heterocycles. The first-order chi connectivity index (χ1) is 17.5. The zero-order valence-electron chi connectivity index (χ0n) is 20.6. The summed E-state index contributed by atoms with van der Waals surface area (Å²) in [4.78, 5) is 15.4. The standard InChI is InChI=1S/C28H33N3O4S/c1-2-35-26-17-15-25(16-18-26)31(36(33,34)27-9-5-3-6-10-27)22-28(32)29-21-23-11-13-24(14-12-23)30-19-7-4-8-20-30/h3,5-6,9-18H,2,4,7-8,19-22H2,1H3,(H,29,32). The molecule has 0 unspecified atom stereocenters. The highest BCUT2D eigenvalue weighted by atomic mass is 32.2. The number of carbonyl (C=O) groups is 1. The number of benzene rings is 3. The van der Waals surface area contributed by atoms with Crippen LogP contribution in [0.3, 0.4) is 0 Å². The third kappa shape index (κ3) is 6.37. The minimum Gasteiger partial charge on any atom is -0.494 e. The van der Waals surface area contributed by atoms with Crippen molar-refractivity contribution in [2.45, 2.75) is 37.6 Å². The first-order valence-corrected chi connectivity index (χ1v) is 13.8. The Balaban J connectivity index is 1.46. The molecule has 0 radical (unpaired) electrons. The molecule has 1 saturated heterocycles. The van der Waals surface area contributed by atoms with Gasteiger partial charge in [0, 0.05) is 25.3 Å². The largest absolute Gasteiger partial charge is 0.494 e. The van der Waals surface area contributed by atoms with E-state index in [1.807, 2.05) is 19.1 Å². The molecule has 36 heavy (non-hydrogen) atoms. The molecule has 1 N–H and O–H groups in total.